The maximum absolute atomic E-state index is 12.8. The summed E-state index contributed by atoms with van der Waals surface area (Å²) < 4.78 is 16.4. The molecule has 3 rings (SSSR count). The van der Waals surface area contributed by atoms with Gasteiger partial charge in [-0.05, 0) is 50.3 Å². The zero-order chi connectivity index (χ0) is 21.0. The molecule has 154 valence electrons. The lowest BCUT2D eigenvalue weighted by molar-refractivity contribution is 0.314. The van der Waals surface area contributed by atoms with Crippen LogP contribution < -0.4 is 15.1 Å². The SMILES string of the molecule is CCCCN(C)Cc1c(O)ccc2cc(-c3ccc(OC)cc3OC)c(=O)oc12. The normalized spacial score (nSPS) is 11.2. The van der Waals surface area contributed by atoms with Crippen molar-refractivity contribution in [1.82, 2.24) is 4.90 Å². The second kappa shape index (κ2) is 9.01. The van der Waals surface area contributed by atoms with Crippen LogP contribution in [0.2, 0.25) is 0 Å². The molecule has 0 saturated heterocycles. The lowest BCUT2D eigenvalue weighted by atomic mass is 10.0. The van der Waals surface area contributed by atoms with Crippen molar-refractivity contribution in [3.05, 3.63) is 52.4 Å². The Bertz CT molecular complexity index is 1060. The van der Waals surface area contributed by atoms with Crippen LogP contribution in [-0.2, 0) is 6.54 Å². The van der Waals surface area contributed by atoms with E-state index in [2.05, 4.69) is 11.8 Å². The summed E-state index contributed by atoms with van der Waals surface area (Å²) >= 11 is 0. The molecule has 0 atom stereocenters. The summed E-state index contributed by atoms with van der Waals surface area (Å²) in [6, 6.07) is 10.4. The van der Waals surface area contributed by atoms with E-state index in [1.165, 1.54) is 0 Å². The van der Waals surface area contributed by atoms with Crippen molar-refractivity contribution >= 4 is 11.0 Å². The number of hydrogen-bond acceptors (Lipinski definition) is 6. The molecule has 0 aliphatic rings. The lowest BCUT2D eigenvalue weighted by Gasteiger charge is -2.18. The van der Waals surface area contributed by atoms with Gasteiger partial charge in [0.2, 0.25) is 0 Å². The maximum Gasteiger partial charge on any atom is 0.344 e. The van der Waals surface area contributed by atoms with Crippen LogP contribution >= 0.6 is 0 Å². The van der Waals surface area contributed by atoms with Gasteiger partial charge < -0.3 is 23.9 Å². The third-order valence-electron chi connectivity index (χ3n) is 5.00. The molecule has 1 heterocycles. The van der Waals surface area contributed by atoms with Gasteiger partial charge in [-0.2, -0.15) is 0 Å². The molecule has 0 bridgehead atoms. The van der Waals surface area contributed by atoms with Crippen molar-refractivity contribution in [1.29, 1.82) is 0 Å². The minimum absolute atomic E-state index is 0.124. The molecule has 0 aliphatic carbocycles. The van der Waals surface area contributed by atoms with Crippen LogP contribution in [0.3, 0.4) is 0 Å². The van der Waals surface area contributed by atoms with E-state index in [0.717, 1.165) is 24.8 Å². The lowest BCUT2D eigenvalue weighted by Crippen LogP contribution is -2.19. The number of benzene rings is 2. The molecule has 29 heavy (non-hydrogen) atoms. The van der Waals surface area contributed by atoms with Gasteiger partial charge in [0.25, 0.3) is 0 Å². The Morgan fingerprint density at radius 3 is 2.55 bits per heavy atom. The molecule has 1 N–H and O–H groups in total. The zero-order valence-electron chi connectivity index (χ0n) is 17.3. The smallest absolute Gasteiger partial charge is 0.344 e. The van der Waals surface area contributed by atoms with Crippen molar-refractivity contribution in [2.45, 2.75) is 26.3 Å². The monoisotopic (exact) mass is 397 g/mol. The van der Waals surface area contributed by atoms with E-state index in [9.17, 15) is 9.90 Å². The zero-order valence-corrected chi connectivity index (χ0v) is 17.3. The van der Waals surface area contributed by atoms with Gasteiger partial charge in [0, 0.05) is 23.6 Å². The Hall–Kier alpha value is -2.99. The van der Waals surface area contributed by atoms with Gasteiger partial charge in [-0.25, -0.2) is 4.79 Å². The van der Waals surface area contributed by atoms with Crippen LogP contribution in [0.25, 0.3) is 22.1 Å². The number of aromatic hydroxyl groups is 1. The average Bonchev–Trinajstić information content (AvgIpc) is 2.73. The van der Waals surface area contributed by atoms with E-state index >= 15 is 0 Å². The summed E-state index contributed by atoms with van der Waals surface area (Å²) in [6.07, 6.45) is 2.15. The van der Waals surface area contributed by atoms with Gasteiger partial charge in [-0.3, -0.25) is 0 Å². The van der Waals surface area contributed by atoms with Crippen LogP contribution in [0.4, 0.5) is 0 Å². The van der Waals surface area contributed by atoms with E-state index in [-0.39, 0.29) is 5.75 Å². The number of nitrogens with zero attached hydrogens (tertiary/aromatic N) is 1. The summed E-state index contributed by atoms with van der Waals surface area (Å²) in [6.45, 7) is 3.53. The van der Waals surface area contributed by atoms with Crippen LogP contribution in [0.1, 0.15) is 25.3 Å². The van der Waals surface area contributed by atoms with Crippen molar-refractivity contribution in [2.24, 2.45) is 0 Å². The molecule has 0 radical (unpaired) electrons. The third-order valence-corrected chi connectivity index (χ3v) is 5.00. The van der Waals surface area contributed by atoms with Gasteiger partial charge >= 0.3 is 5.63 Å². The molecule has 0 saturated carbocycles. The number of phenolic OH excluding ortho intramolecular Hbond substituents is 1. The molecule has 0 aliphatic heterocycles. The first-order chi connectivity index (χ1) is 14.0. The molecule has 1 aromatic heterocycles. The van der Waals surface area contributed by atoms with Crippen LogP contribution in [0, 0.1) is 0 Å². The molecule has 0 unspecified atom stereocenters. The first-order valence-electron chi connectivity index (χ1n) is 9.68. The van der Waals surface area contributed by atoms with Gasteiger partial charge in [0.1, 0.15) is 22.8 Å². The van der Waals surface area contributed by atoms with Gasteiger partial charge in [0.15, 0.2) is 0 Å². The molecule has 6 heteroatoms. The number of hydrogen-bond donors (Lipinski definition) is 1. The highest BCUT2D eigenvalue weighted by Gasteiger charge is 2.17. The third kappa shape index (κ3) is 4.38. The fourth-order valence-electron chi connectivity index (χ4n) is 3.37. The summed E-state index contributed by atoms with van der Waals surface area (Å²) in [5.74, 6) is 1.28. The van der Waals surface area contributed by atoms with Crippen molar-refractivity contribution in [3.8, 4) is 28.4 Å². The number of rotatable bonds is 8. The van der Waals surface area contributed by atoms with Crippen molar-refractivity contribution in [3.63, 3.8) is 0 Å². The number of unbranched alkanes of at least 4 members (excludes halogenated alkanes) is 1. The van der Waals surface area contributed by atoms with Crippen LogP contribution in [-0.4, -0.2) is 37.8 Å². The standard InChI is InChI=1S/C23H27NO5/c1-5-6-11-24(2)14-19-20(25)10-7-15-12-18(23(26)29-22(15)19)17-9-8-16(27-3)13-21(17)28-4/h7-10,12-13,25H,5-6,11,14H2,1-4H3. The highest BCUT2D eigenvalue weighted by atomic mass is 16.5. The van der Waals surface area contributed by atoms with E-state index in [0.29, 0.717) is 40.3 Å². The number of ether oxygens (including phenoxy) is 2. The van der Waals surface area contributed by atoms with Gasteiger partial charge in [-0.15, -0.1) is 0 Å². The van der Waals surface area contributed by atoms with E-state index in [1.54, 1.807) is 50.6 Å². The van der Waals surface area contributed by atoms with E-state index in [1.807, 2.05) is 7.05 Å². The second-order valence-electron chi connectivity index (χ2n) is 7.09. The molecule has 6 nitrogen and oxygen atoms in total. The molecule has 2 aromatic carbocycles. The highest BCUT2D eigenvalue weighted by molar-refractivity contribution is 5.86. The maximum atomic E-state index is 12.8. The average molecular weight is 397 g/mol. The number of methoxy groups -OCH3 is 2. The minimum atomic E-state index is -0.482. The minimum Gasteiger partial charge on any atom is -0.507 e. The molecule has 3 aromatic rings. The molecular formula is C23H27NO5. The summed E-state index contributed by atoms with van der Waals surface area (Å²) in [4.78, 5) is 14.9. The largest absolute Gasteiger partial charge is 0.507 e. The van der Waals surface area contributed by atoms with E-state index in [4.69, 9.17) is 13.9 Å². The molecule has 0 fully saturated rings. The summed E-state index contributed by atoms with van der Waals surface area (Å²) in [7, 11) is 5.11. The van der Waals surface area contributed by atoms with Crippen LogP contribution in [0.15, 0.2) is 45.6 Å². The summed E-state index contributed by atoms with van der Waals surface area (Å²) in [5.41, 5.74) is 1.57. The predicted molar refractivity (Wildman–Crippen MR) is 114 cm³/mol. The molecule has 0 amide bonds. The Kier molecular flexibility index (Phi) is 6.44. The van der Waals surface area contributed by atoms with E-state index < -0.39 is 5.63 Å². The summed E-state index contributed by atoms with van der Waals surface area (Å²) in [5, 5.41) is 11.1. The second-order valence-corrected chi connectivity index (χ2v) is 7.09. The molecular weight excluding hydrogens is 370 g/mol. The Morgan fingerprint density at radius 1 is 1.07 bits per heavy atom. The highest BCUT2D eigenvalue weighted by Crippen LogP contribution is 2.34. The van der Waals surface area contributed by atoms with Gasteiger partial charge in [0.05, 0.1) is 25.3 Å². The topological polar surface area (TPSA) is 72.1 Å². The first kappa shape index (κ1) is 20.7. The molecule has 0 spiro atoms. The van der Waals surface area contributed by atoms with Crippen LogP contribution in [0.5, 0.6) is 17.2 Å². The number of fused-ring (bicyclic) bond motifs is 1. The number of phenols is 1. The van der Waals surface area contributed by atoms with Crippen molar-refractivity contribution in [2.75, 3.05) is 27.8 Å². The Morgan fingerprint density at radius 2 is 1.86 bits per heavy atom. The van der Waals surface area contributed by atoms with Crippen molar-refractivity contribution < 1.29 is 19.0 Å². The fraction of sp³-hybridized carbons (Fsp3) is 0.348. The predicted octanol–water partition coefficient (Wildman–Crippen LogP) is 4.41. The Balaban J connectivity index is 2.09. The fourth-order valence-corrected chi connectivity index (χ4v) is 3.37. The first-order valence-corrected chi connectivity index (χ1v) is 9.68. The van der Waals surface area contributed by atoms with Gasteiger partial charge in [-0.1, -0.05) is 13.3 Å². The quantitative estimate of drug-likeness (QED) is 0.568. The Labute approximate surface area is 170 Å².